The van der Waals surface area contributed by atoms with Crippen LogP contribution in [0.1, 0.15) is 24.9 Å². The van der Waals surface area contributed by atoms with Gasteiger partial charge in [0.2, 0.25) is 0 Å². The summed E-state index contributed by atoms with van der Waals surface area (Å²) in [4.78, 5) is 0. The SMILES string of the molecule is COc1cc(OC)cc([C@H]2NCC[C@@H]2C)c1. The molecule has 1 aliphatic heterocycles. The van der Waals surface area contributed by atoms with Gasteiger partial charge in [0.1, 0.15) is 11.5 Å². The number of methoxy groups -OCH3 is 2. The molecule has 2 atom stereocenters. The van der Waals surface area contributed by atoms with Crippen LogP contribution in [0.2, 0.25) is 0 Å². The van der Waals surface area contributed by atoms with Gasteiger partial charge >= 0.3 is 0 Å². The summed E-state index contributed by atoms with van der Waals surface area (Å²) in [6, 6.07) is 6.50. The Hall–Kier alpha value is -1.22. The van der Waals surface area contributed by atoms with Crippen LogP contribution in [0.3, 0.4) is 0 Å². The van der Waals surface area contributed by atoms with Crippen molar-refractivity contribution in [2.75, 3.05) is 20.8 Å². The monoisotopic (exact) mass is 221 g/mol. The van der Waals surface area contributed by atoms with Crippen molar-refractivity contribution < 1.29 is 9.47 Å². The molecule has 1 aromatic carbocycles. The maximum atomic E-state index is 5.28. The summed E-state index contributed by atoms with van der Waals surface area (Å²) in [5.41, 5.74) is 1.25. The second-order valence-electron chi connectivity index (χ2n) is 4.34. The van der Waals surface area contributed by atoms with Crippen molar-refractivity contribution in [3.63, 3.8) is 0 Å². The van der Waals surface area contributed by atoms with E-state index in [1.807, 2.05) is 6.07 Å². The Morgan fingerprint density at radius 2 is 1.75 bits per heavy atom. The van der Waals surface area contributed by atoms with Gasteiger partial charge < -0.3 is 14.8 Å². The third-order valence-electron chi connectivity index (χ3n) is 3.27. The van der Waals surface area contributed by atoms with Gasteiger partial charge in [0.25, 0.3) is 0 Å². The van der Waals surface area contributed by atoms with Gasteiger partial charge in [0, 0.05) is 12.1 Å². The third-order valence-corrected chi connectivity index (χ3v) is 3.27. The smallest absolute Gasteiger partial charge is 0.122 e. The van der Waals surface area contributed by atoms with E-state index in [0.717, 1.165) is 18.0 Å². The van der Waals surface area contributed by atoms with E-state index in [2.05, 4.69) is 24.4 Å². The molecule has 0 bridgehead atoms. The van der Waals surface area contributed by atoms with E-state index in [9.17, 15) is 0 Å². The molecule has 0 radical (unpaired) electrons. The number of benzene rings is 1. The van der Waals surface area contributed by atoms with Gasteiger partial charge in [0.05, 0.1) is 14.2 Å². The average molecular weight is 221 g/mol. The molecule has 3 nitrogen and oxygen atoms in total. The van der Waals surface area contributed by atoms with E-state index in [0.29, 0.717) is 12.0 Å². The second kappa shape index (κ2) is 4.74. The Balaban J connectivity index is 2.31. The summed E-state index contributed by atoms with van der Waals surface area (Å²) >= 11 is 0. The van der Waals surface area contributed by atoms with Crippen LogP contribution in [-0.2, 0) is 0 Å². The van der Waals surface area contributed by atoms with E-state index >= 15 is 0 Å². The van der Waals surface area contributed by atoms with Crippen LogP contribution in [0.15, 0.2) is 18.2 Å². The fourth-order valence-electron chi connectivity index (χ4n) is 2.29. The molecule has 1 N–H and O–H groups in total. The summed E-state index contributed by atoms with van der Waals surface area (Å²) < 4.78 is 10.6. The summed E-state index contributed by atoms with van der Waals surface area (Å²) in [6.07, 6.45) is 1.23. The van der Waals surface area contributed by atoms with Gasteiger partial charge in [0.15, 0.2) is 0 Å². The van der Waals surface area contributed by atoms with E-state index in [-0.39, 0.29) is 0 Å². The Labute approximate surface area is 96.8 Å². The van der Waals surface area contributed by atoms with Crippen LogP contribution in [0.5, 0.6) is 11.5 Å². The number of rotatable bonds is 3. The van der Waals surface area contributed by atoms with Crippen LogP contribution >= 0.6 is 0 Å². The van der Waals surface area contributed by atoms with Crippen molar-refractivity contribution in [3.05, 3.63) is 23.8 Å². The topological polar surface area (TPSA) is 30.5 Å². The molecule has 0 amide bonds. The molecule has 88 valence electrons. The molecule has 1 fully saturated rings. The molecule has 2 rings (SSSR count). The van der Waals surface area contributed by atoms with Crippen molar-refractivity contribution in [3.8, 4) is 11.5 Å². The van der Waals surface area contributed by atoms with Gasteiger partial charge in [-0.3, -0.25) is 0 Å². The minimum atomic E-state index is 0.420. The third kappa shape index (κ3) is 2.14. The summed E-state index contributed by atoms with van der Waals surface area (Å²) in [5.74, 6) is 2.38. The van der Waals surface area contributed by atoms with Crippen molar-refractivity contribution >= 4 is 0 Å². The maximum absolute atomic E-state index is 5.28. The zero-order valence-electron chi connectivity index (χ0n) is 10.1. The number of hydrogen-bond donors (Lipinski definition) is 1. The summed E-state index contributed by atoms with van der Waals surface area (Å²) in [7, 11) is 3.37. The van der Waals surface area contributed by atoms with Gasteiger partial charge in [-0.25, -0.2) is 0 Å². The van der Waals surface area contributed by atoms with Crippen LogP contribution in [0, 0.1) is 5.92 Å². The summed E-state index contributed by atoms with van der Waals surface area (Å²) in [6.45, 7) is 3.36. The first-order chi connectivity index (χ1) is 7.74. The quantitative estimate of drug-likeness (QED) is 0.850. The zero-order chi connectivity index (χ0) is 11.5. The minimum absolute atomic E-state index is 0.420. The largest absolute Gasteiger partial charge is 0.497 e. The highest BCUT2D eigenvalue weighted by Crippen LogP contribution is 2.33. The first-order valence-corrected chi connectivity index (χ1v) is 5.71. The van der Waals surface area contributed by atoms with Gasteiger partial charge in [-0.1, -0.05) is 6.92 Å². The number of ether oxygens (including phenoxy) is 2. The molecule has 0 spiro atoms. The first-order valence-electron chi connectivity index (χ1n) is 5.71. The molecule has 0 unspecified atom stereocenters. The van der Waals surface area contributed by atoms with Crippen molar-refractivity contribution in [1.82, 2.24) is 5.32 Å². The highest BCUT2D eigenvalue weighted by Gasteiger charge is 2.25. The summed E-state index contributed by atoms with van der Waals surface area (Å²) in [5, 5.41) is 3.51. The molecule has 0 aromatic heterocycles. The Morgan fingerprint density at radius 3 is 2.19 bits per heavy atom. The highest BCUT2D eigenvalue weighted by molar-refractivity contribution is 5.40. The first kappa shape index (κ1) is 11.3. The molecule has 3 heteroatoms. The molecule has 1 aliphatic rings. The van der Waals surface area contributed by atoms with Crippen molar-refractivity contribution in [2.45, 2.75) is 19.4 Å². The number of hydrogen-bond acceptors (Lipinski definition) is 3. The molecule has 1 aromatic rings. The van der Waals surface area contributed by atoms with E-state index in [1.165, 1.54) is 12.0 Å². The van der Waals surface area contributed by atoms with Crippen molar-refractivity contribution in [2.24, 2.45) is 5.92 Å². The Morgan fingerprint density at radius 1 is 1.12 bits per heavy atom. The molecule has 16 heavy (non-hydrogen) atoms. The normalized spacial score (nSPS) is 24.4. The van der Waals surface area contributed by atoms with Crippen LogP contribution in [0.4, 0.5) is 0 Å². The molecule has 1 heterocycles. The van der Waals surface area contributed by atoms with E-state index in [1.54, 1.807) is 14.2 Å². The van der Waals surface area contributed by atoms with E-state index in [4.69, 9.17) is 9.47 Å². The zero-order valence-corrected chi connectivity index (χ0v) is 10.1. The Bertz CT molecular complexity index is 343. The van der Waals surface area contributed by atoms with E-state index < -0.39 is 0 Å². The lowest BCUT2D eigenvalue weighted by atomic mass is 9.96. The lowest BCUT2D eigenvalue weighted by molar-refractivity contribution is 0.390. The molecule has 0 aliphatic carbocycles. The predicted octanol–water partition coefficient (Wildman–Crippen LogP) is 2.37. The fraction of sp³-hybridized carbons (Fsp3) is 0.538. The second-order valence-corrected chi connectivity index (χ2v) is 4.34. The molecule has 1 saturated heterocycles. The minimum Gasteiger partial charge on any atom is -0.497 e. The molecule has 0 saturated carbocycles. The lowest BCUT2D eigenvalue weighted by Gasteiger charge is -2.18. The van der Waals surface area contributed by atoms with Gasteiger partial charge in [-0.05, 0) is 36.6 Å². The van der Waals surface area contributed by atoms with Crippen LogP contribution < -0.4 is 14.8 Å². The van der Waals surface area contributed by atoms with Crippen LogP contribution in [0.25, 0.3) is 0 Å². The molecular formula is C13H19NO2. The molecular weight excluding hydrogens is 202 g/mol. The fourth-order valence-corrected chi connectivity index (χ4v) is 2.29. The van der Waals surface area contributed by atoms with Gasteiger partial charge in [-0.2, -0.15) is 0 Å². The predicted molar refractivity (Wildman–Crippen MR) is 64.1 cm³/mol. The number of nitrogens with one attached hydrogen (secondary N) is 1. The highest BCUT2D eigenvalue weighted by atomic mass is 16.5. The standard InChI is InChI=1S/C13H19NO2/c1-9-4-5-14-13(9)10-6-11(15-2)8-12(7-10)16-3/h6-9,13-14H,4-5H2,1-3H3/t9-,13-/m0/s1. The van der Waals surface area contributed by atoms with Gasteiger partial charge in [-0.15, -0.1) is 0 Å². The van der Waals surface area contributed by atoms with Crippen LogP contribution in [-0.4, -0.2) is 20.8 Å². The average Bonchev–Trinajstić information content (AvgIpc) is 2.74. The Kier molecular flexibility index (Phi) is 3.34. The lowest BCUT2D eigenvalue weighted by Crippen LogP contribution is -2.16. The maximum Gasteiger partial charge on any atom is 0.122 e. The van der Waals surface area contributed by atoms with Crippen molar-refractivity contribution in [1.29, 1.82) is 0 Å².